The van der Waals surface area contributed by atoms with Gasteiger partial charge in [0.05, 0.1) is 7.11 Å². The van der Waals surface area contributed by atoms with Gasteiger partial charge in [0.25, 0.3) is 0 Å². The number of methoxy groups -OCH3 is 1. The first-order valence-corrected chi connectivity index (χ1v) is 5.04. The first kappa shape index (κ1) is 11.5. The number of carbonyl (C=O) groups excluding carboxylic acids is 1. The molecule has 2 heteroatoms. The number of benzene rings is 1. The summed E-state index contributed by atoms with van der Waals surface area (Å²) < 4.78 is 5.06. The molecule has 0 aliphatic rings. The van der Waals surface area contributed by atoms with Crippen LogP contribution in [0.5, 0.6) is 5.75 Å². The quantitative estimate of drug-likeness (QED) is 0.689. The SMILES string of the molecule is C/C=C/C(=O)CCc1ccc(OC)cc1. The molecule has 0 unspecified atom stereocenters. The molecule has 0 saturated heterocycles. The Kier molecular flexibility index (Phi) is 4.61. The molecule has 1 aromatic rings. The molecule has 0 fully saturated rings. The highest BCUT2D eigenvalue weighted by Gasteiger charge is 1.98. The highest BCUT2D eigenvalue weighted by Crippen LogP contribution is 2.12. The van der Waals surface area contributed by atoms with Gasteiger partial charge in [-0.15, -0.1) is 0 Å². The number of ketones is 1. The van der Waals surface area contributed by atoms with Gasteiger partial charge in [0.15, 0.2) is 5.78 Å². The summed E-state index contributed by atoms with van der Waals surface area (Å²) in [5, 5.41) is 0. The first-order valence-electron chi connectivity index (χ1n) is 5.04. The highest BCUT2D eigenvalue weighted by molar-refractivity contribution is 5.89. The summed E-state index contributed by atoms with van der Waals surface area (Å²) >= 11 is 0. The normalized spacial score (nSPS) is 10.5. The molecule has 1 aromatic carbocycles. The van der Waals surface area contributed by atoms with Gasteiger partial charge in [-0.05, 0) is 37.1 Å². The van der Waals surface area contributed by atoms with Crippen molar-refractivity contribution >= 4 is 5.78 Å². The Morgan fingerprint density at radius 3 is 2.53 bits per heavy atom. The number of allylic oxidation sites excluding steroid dienone is 2. The van der Waals surface area contributed by atoms with Crippen LogP contribution in [-0.4, -0.2) is 12.9 Å². The van der Waals surface area contributed by atoms with Gasteiger partial charge in [-0.25, -0.2) is 0 Å². The predicted molar refractivity (Wildman–Crippen MR) is 61.1 cm³/mol. The van der Waals surface area contributed by atoms with Crippen LogP contribution in [0.25, 0.3) is 0 Å². The summed E-state index contributed by atoms with van der Waals surface area (Å²) in [5.41, 5.74) is 1.16. The van der Waals surface area contributed by atoms with Crippen molar-refractivity contribution in [1.29, 1.82) is 0 Å². The van der Waals surface area contributed by atoms with Gasteiger partial charge >= 0.3 is 0 Å². The number of hydrogen-bond donors (Lipinski definition) is 0. The monoisotopic (exact) mass is 204 g/mol. The summed E-state index contributed by atoms with van der Waals surface area (Å²) in [6.45, 7) is 1.85. The van der Waals surface area contributed by atoms with Gasteiger partial charge in [-0.1, -0.05) is 18.2 Å². The number of hydrogen-bond acceptors (Lipinski definition) is 2. The van der Waals surface area contributed by atoms with E-state index >= 15 is 0 Å². The van der Waals surface area contributed by atoms with Crippen molar-refractivity contribution in [2.45, 2.75) is 19.8 Å². The molecule has 0 radical (unpaired) electrons. The van der Waals surface area contributed by atoms with Crippen LogP contribution in [-0.2, 0) is 11.2 Å². The van der Waals surface area contributed by atoms with Crippen LogP contribution < -0.4 is 4.74 Å². The third-order valence-corrected chi connectivity index (χ3v) is 2.17. The summed E-state index contributed by atoms with van der Waals surface area (Å²) in [7, 11) is 1.64. The second-order valence-electron chi connectivity index (χ2n) is 3.31. The molecule has 0 bridgehead atoms. The second kappa shape index (κ2) is 6.02. The molecule has 0 aromatic heterocycles. The van der Waals surface area contributed by atoms with Crippen molar-refractivity contribution in [1.82, 2.24) is 0 Å². The molecule has 0 heterocycles. The van der Waals surface area contributed by atoms with E-state index in [4.69, 9.17) is 4.74 Å². The van der Waals surface area contributed by atoms with Crippen LogP contribution in [0.1, 0.15) is 18.9 Å². The van der Waals surface area contributed by atoms with Crippen molar-refractivity contribution in [3.05, 3.63) is 42.0 Å². The van der Waals surface area contributed by atoms with E-state index < -0.39 is 0 Å². The zero-order chi connectivity index (χ0) is 11.1. The van der Waals surface area contributed by atoms with Crippen molar-refractivity contribution in [3.8, 4) is 5.75 Å². The predicted octanol–water partition coefficient (Wildman–Crippen LogP) is 2.77. The third kappa shape index (κ3) is 3.98. The van der Waals surface area contributed by atoms with Gasteiger partial charge in [-0.2, -0.15) is 0 Å². The largest absolute Gasteiger partial charge is 0.497 e. The maximum Gasteiger partial charge on any atom is 0.155 e. The molecular weight excluding hydrogens is 188 g/mol. The molecule has 0 N–H and O–H groups in total. The Morgan fingerprint density at radius 2 is 2.00 bits per heavy atom. The minimum absolute atomic E-state index is 0.174. The molecule has 0 saturated carbocycles. The average molecular weight is 204 g/mol. The fourth-order valence-electron chi connectivity index (χ4n) is 1.33. The van der Waals surface area contributed by atoms with Crippen LogP contribution in [0.2, 0.25) is 0 Å². The van der Waals surface area contributed by atoms with Gasteiger partial charge in [0.1, 0.15) is 5.75 Å². The Balaban J connectivity index is 2.47. The van der Waals surface area contributed by atoms with E-state index in [1.165, 1.54) is 0 Å². The summed E-state index contributed by atoms with van der Waals surface area (Å²) in [5.74, 6) is 1.02. The number of ether oxygens (including phenoxy) is 1. The van der Waals surface area contributed by atoms with E-state index in [1.54, 1.807) is 19.3 Å². The van der Waals surface area contributed by atoms with E-state index in [9.17, 15) is 4.79 Å². The van der Waals surface area contributed by atoms with Gasteiger partial charge in [0, 0.05) is 6.42 Å². The lowest BCUT2D eigenvalue weighted by molar-refractivity contribution is -0.114. The average Bonchev–Trinajstić information content (AvgIpc) is 2.27. The van der Waals surface area contributed by atoms with E-state index in [-0.39, 0.29) is 5.78 Å². The maximum atomic E-state index is 11.2. The van der Waals surface area contributed by atoms with Crippen LogP contribution >= 0.6 is 0 Å². The molecule has 0 aliphatic heterocycles. The van der Waals surface area contributed by atoms with Gasteiger partial charge < -0.3 is 4.74 Å². The minimum atomic E-state index is 0.174. The highest BCUT2D eigenvalue weighted by atomic mass is 16.5. The minimum Gasteiger partial charge on any atom is -0.497 e. The van der Waals surface area contributed by atoms with Crippen molar-refractivity contribution in [2.75, 3.05) is 7.11 Å². The first-order chi connectivity index (χ1) is 7.26. The second-order valence-corrected chi connectivity index (χ2v) is 3.31. The standard InChI is InChI=1S/C13H16O2/c1-3-4-12(14)8-5-11-6-9-13(15-2)10-7-11/h3-4,6-7,9-10H,5,8H2,1-2H3/b4-3+. The fraction of sp³-hybridized carbons (Fsp3) is 0.308. The zero-order valence-electron chi connectivity index (χ0n) is 9.19. The molecule has 2 nitrogen and oxygen atoms in total. The lowest BCUT2D eigenvalue weighted by Gasteiger charge is -2.01. The Morgan fingerprint density at radius 1 is 1.33 bits per heavy atom. The van der Waals surface area contributed by atoms with E-state index in [0.717, 1.165) is 17.7 Å². The van der Waals surface area contributed by atoms with Crippen molar-refractivity contribution < 1.29 is 9.53 Å². The van der Waals surface area contributed by atoms with Gasteiger partial charge in [0.2, 0.25) is 0 Å². The summed E-state index contributed by atoms with van der Waals surface area (Å²) in [4.78, 5) is 11.2. The smallest absolute Gasteiger partial charge is 0.155 e. The summed E-state index contributed by atoms with van der Waals surface area (Å²) in [6.07, 6.45) is 4.74. The zero-order valence-corrected chi connectivity index (χ0v) is 9.19. The topological polar surface area (TPSA) is 26.3 Å². The van der Waals surface area contributed by atoms with Crippen LogP contribution in [0.3, 0.4) is 0 Å². The van der Waals surface area contributed by atoms with Crippen molar-refractivity contribution in [3.63, 3.8) is 0 Å². The fourth-order valence-corrected chi connectivity index (χ4v) is 1.33. The summed E-state index contributed by atoms with van der Waals surface area (Å²) in [6, 6.07) is 7.80. The van der Waals surface area contributed by atoms with Gasteiger partial charge in [-0.3, -0.25) is 4.79 Å². The number of rotatable bonds is 5. The van der Waals surface area contributed by atoms with E-state index in [2.05, 4.69) is 0 Å². The van der Waals surface area contributed by atoms with Crippen LogP contribution in [0.4, 0.5) is 0 Å². The Bertz CT molecular complexity index is 336. The van der Waals surface area contributed by atoms with Crippen LogP contribution in [0.15, 0.2) is 36.4 Å². The Labute approximate surface area is 90.6 Å². The number of carbonyl (C=O) groups is 1. The van der Waals surface area contributed by atoms with E-state index in [0.29, 0.717) is 6.42 Å². The Hall–Kier alpha value is -1.57. The molecule has 0 spiro atoms. The third-order valence-electron chi connectivity index (χ3n) is 2.17. The molecule has 1 rings (SSSR count). The lowest BCUT2D eigenvalue weighted by atomic mass is 10.1. The van der Waals surface area contributed by atoms with Crippen LogP contribution in [0, 0.1) is 0 Å². The molecular formula is C13H16O2. The molecule has 80 valence electrons. The molecule has 0 atom stereocenters. The lowest BCUT2D eigenvalue weighted by Crippen LogP contribution is -1.95. The maximum absolute atomic E-state index is 11.2. The number of aryl methyl sites for hydroxylation is 1. The van der Waals surface area contributed by atoms with Crippen molar-refractivity contribution in [2.24, 2.45) is 0 Å². The molecule has 15 heavy (non-hydrogen) atoms. The molecule has 0 amide bonds. The molecule has 0 aliphatic carbocycles. The van der Waals surface area contributed by atoms with E-state index in [1.807, 2.05) is 31.2 Å².